The Morgan fingerprint density at radius 2 is 2.11 bits per heavy atom. The van der Waals surface area contributed by atoms with Crippen molar-refractivity contribution >= 4 is 11.8 Å². The van der Waals surface area contributed by atoms with Crippen LogP contribution >= 0.6 is 0 Å². The van der Waals surface area contributed by atoms with Gasteiger partial charge in [0.2, 0.25) is 5.95 Å². The Hall–Kier alpha value is -1.40. The van der Waals surface area contributed by atoms with Gasteiger partial charge in [-0.1, -0.05) is 19.3 Å². The zero-order valence-corrected chi connectivity index (χ0v) is 10.7. The number of hydrogen-bond acceptors (Lipinski definition) is 6. The molecule has 18 heavy (non-hydrogen) atoms. The molecule has 0 amide bonds. The van der Waals surface area contributed by atoms with Gasteiger partial charge < -0.3 is 10.4 Å². The highest BCUT2D eigenvalue weighted by atomic mass is 16.3. The molecule has 0 aromatic carbocycles. The molecule has 2 rings (SSSR count). The van der Waals surface area contributed by atoms with Gasteiger partial charge in [0.1, 0.15) is 5.82 Å². The summed E-state index contributed by atoms with van der Waals surface area (Å²) in [6, 6.07) is 0.0618. The van der Waals surface area contributed by atoms with E-state index in [0.717, 1.165) is 37.1 Å². The van der Waals surface area contributed by atoms with E-state index in [9.17, 15) is 5.11 Å². The molecule has 1 aliphatic carbocycles. The van der Waals surface area contributed by atoms with Gasteiger partial charge in [0.15, 0.2) is 0 Å². The fourth-order valence-corrected chi connectivity index (χ4v) is 2.29. The lowest BCUT2D eigenvalue weighted by molar-refractivity contribution is 0.144. The monoisotopic (exact) mass is 251 g/mol. The van der Waals surface area contributed by atoms with Crippen molar-refractivity contribution in [2.24, 2.45) is 5.84 Å². The Kier molecular flexibility index (Phi) is 4.33. The van der Waals surface area contributed by atoms with Crippen LogP contribution in [0.1, 0.15) is 37.7 Å². The number of nitrogen functional groups attached to an aromatic ring is 1. The Labute approximate surface area is 107 Å². The van der Waals surface area contributed by atoms with E-state index in [4.69, 9.17) is 5.84 Å². The molecule has 5 N–H and O–H groups in total. The summed E-state index contributed by atoms with van der Waals surface area (Å²) in [4.78, 5) is 8.32. The largest absolute Gasteiger partial charge is 0.391 e. The Morgan fingerprint density at radius 3 is 2.89 bits per heavy atom. The molecule has 0 spiro atoms. The molecule has 1 heterocycles. The molecule has 0 aliphatic heterocycles. The maximum atomic E-state index is 10.1. The summed E-state index contributed by atoms with van der Waals surface area (Å²) in [5.41, 5.74) is 3.38. The Bertz CT molecular complexity index is 398. The SMILES string of the molecule is Cc1cnc(NN)nc1NC1CCCCCC1O. The van der Waals surface area contributed by atoms with E-state index in [1.54, 1.807) is 6.20 Å². The first-order valence-corrected chi connectivity index (χ1v) is 6.45. The van der Waals surface area contributed by atoms with Crippen LogP contribution in [0.3, 0.4) is 0 Å². The Balaban J connectivity index is 2.11. The van der Waals surface area contributed by atoms with Gasteiger partial charge in [-0.25, -0.2) is 10.8 Å². The first-order chi connectivity index (χ1) is 8.70. The number of anilines is 2. The van der Waals surface area contributed by atoms with Gasteiger partial charge in [-0.3, -0.25) is 5.43 Å². The van der Waals surface area contributed by atoms with E-state index in [1.165, 1.54) is 6.42 Å². The molecule has 1 aliphatic rings. The van der Waals surface area contributed by atoms with Crippen LogP contribution in [0.15, 0.2) is 6.20 Å². The number of aryl methyl sites for hydroxylation is 1. The molecule has 0 bridgehead atoms. The number of aliphatic hydroxyl groups excluding tert-OH is 1. The van der Waals surface area contributed by atoms with Gasteiger partial charge in [-0.2, -0.15) is 4.98 Å². The normalized spacial score (nSPS) is 24.4. The van der Waals surface area contributed by atoms with Crippen LogP contribution in [0.5, 0.6) is 0 Å². The fourth-order valence-electron chi connectivity index (χ4n) is 2.29. The zero-order valence-electron chi connectivity index (χ0n) is 10.7. The van der Waals surface area contributed by atoms with Crippen molar-refractivity contribution in [3.8, 4) is 0 Å². The van der Waals surface area contributed by atoms with E-state index in [2.05, 4.69) is 20.7 Å². The summed E-state index contributed by atoms with van der Waals surface area (Å²) in [5, 5.41) is 13.4. The maximum absolute atomic E-state index is 10.1. The molecule has 2 atom stereocenters. The molecule has 100 valence electrons. The maximum Gasteiger partial charge on any atom is 0.239 e. The van der Waals surface area contributed by atoms with E-state index in [-0.39, 0.29) is 12.1 Å². The van der Waals surface area contributed by atoms with Crippen molar-refractivity contribution in [1.82, 2.24) is 9.97 Å². The molecule has 1 aromatic rings. The molecule has 0 radical (unpaired) electrons. The van der Waals surface area contributed by atoms with Crippen LogP contribution in [0, 0.1) is 6.92 Å². The van der Waals surface area contributed by atoms with Gasteiger partial charge in [0.05, 0.1) is 12.1 Å². The number of hydrogen-bond donors (Lipinski definition) is 4. The summed E-state index contributed by atoms with van der Waals surface area (Å²) in [7, 11) is 0. The quantitative estimate of drug-likeness (QED) is 0.366. The van der Waals surface area contributed by atoms with E-state index < -0.39 is 0 Å². The molecular formula is C12H21N5O. The number of rotatable bonds is 3. The highest BCUT2D eigenvalue weighted by Crippen LogP contribution is 2.22. The summed E-state index contributed by atoms with van der Waals surface area (Å²) < 4.78 is 0. The number of aliphatic hydroxyl groups is 1. The third-order valence-electron chi connectivity index (χ3n) is 3.40. The van der Waals surface area contributed by atoms with Crippen LogP contribution in [-0.4, -0.2) is 27.2 Å². The fraction of sp³-hybridized carbons (Fsp3) is 0.667. The van der Waals surface area contributed by atoms with Crippen molar-refractivity contribution in [3.63, 3.8) is 0 Å². The summed E-state index contributed by atoms with van der Waals surface area (Å²) in [6.07, 6.45) is 6.65. The predicted octanol–water partition coefficient (Wildman–Crippen LogP) is 1.18. The van der Waals surface area contributed by atoms with E-state index in [1.807, 2.05) is 6.92 Å². The van der Waals surface area contributed by atoms with Gasteiger partial charge in [0, 0.05) is 11.8 Å². The van der Waals surface area contributed by atoms with E-state index in [0.29, 0.717) is 5.95 Å². The van der Waals surface area contributed by atoms with Crippen molar-refractivity contribution in [2.45, 2.75) is 51.2 Å². The average molecular weight is 251 g/mol. The second-order valence-electron chi connectivity index (χ2n) is 4.83. The van der Waals surface area contributed by atoms with Crippen LogP contribution in [0.25, 0.3) is 0 Å². The van der Waals surface area contributed by atoms with Gasteiger partial charge >= 0.3 is 0 Å². The standard InChI is InChI=1S/C12H21N5O/c1-8-7-14-12(17-13)16-11(8)15-9-5-3-2-4-6-10(9)18/h7,9-10,18H,2-6,13H2,1H3,(H2,14,15,16,17). The number of nitrogens with zero attached hydrogens (tertiary/aromatic N) is 2. The highest BCUT2D eigenvalue weighted by Gasteiger charge is 2.22. The van der Waals surface area contributed by atoms with Crippen LogP contribution in [0.2, 0.25) is 0 Å². The second-order valence-corrected chi connectivity index (χ2v) is 4.83. The minimum absolute atomic E-state index is 0.0618. The molecular weight excluding hydrogens is 230 g/mol. The van der Waals surface area contributed by atoms with Crippen LogP contribution < -0.4 is 16.6 Å². The van der Waals surface area contributed by atoms with E-state index >= 15 is 0 Å². The lowest BCUT2D eigenvalue weighted by Crippen LogP contribution is -2.33. The third kappa shape index (κ3) is 3.08. The zero-order chi connectivity index (χ0) is 13.0. The predicted molar refractivity (Wildman–Crippen MR) is 71.1 cm³/mol. The molecule has 6 heteroatoms. The number of nitrogens with two attached hydrogens (primary N) is 1. The molecule has 1 aromatic heterocycles. The summed E-state index contributed by atoms with van der Waals surface area (Å²) in [5.74, 6) is 6.42. The molecule has 6 nitrogen and oxygen atoms in total. The minimum Gasteiger partial charge on any atom is -0.391 e. The second kappa shape index (κ2) is 5.97. The minimum atomic E-state index is -0.309. The van der Waals surface area contributed by atoms with Crippen LogP contribution in [0.4, 0.5) is 11.8 Å². The lowest BCUT2D eigenvalue weighted by Gasteiger charge is -2.23. The summed E-state index contributed by atoms with van der Waals surface area (Å²) >= 11 is 0. The van der Waals surface area contributed by atoms with Crippen molar-refractivity contribution in [1.29, 1.82) is 0 Å². The summed E-state index contributed by atoms with van der Waals surface area (Å²) in [6.45, 7) is 1.94. The molecule has 1 saturated carbocycles. The molecule has 1 fully saturated rings. The first kappa shape index (κ1) is 13.0. The van der Waals surface area contributed by atoms with Gasteiger partial charge in [-0.15, -0.1) is 0 Å². The highest BCUT2D eigenvalue weighted by molar-refractivity contribution is 5.47. The van der Waals surface area contributed by atoms with Crippen molar-refractivity contribution in [2.75, 3.05) is 10.7 Å². The lowest BCUT2D eigenvalue weighted by atomic mass is 10.1. The number of nitrogens with one attached hydrogen (secondary N) is 2. The number of aromatic nitrogens is 2. The third-order valence-corrected chi connectivity index (χ3v) is 3.40. The van der Waals surface area contributed by atoms with Crippen molar-refractivity contribution < 1.29 is 5.11 Å². The Morgan fingerprint density at radius 1 is 1.33 bits per heavy atom. The van der Waals surface area contributed by atoms with Gasteiger partial charge in [0.25, 0.3) is 0 Å². The van der Waals surface area contributed by atoms with Gasteiger partial charge in [-0.05, 0) is 19.8 Å². The smallest absolute Gasteiger partial charge is 0.239 e. The number of hydrazine groups is 1. The van der Waals surface area contributed by atoms with Crippen molar-refractivity contribution in [3.05, 3.63) is 11.8 Å². The topological polar surface area (TPSA) is 96.1 Å². The molecule has 0 saturated heterocycles. The molecule has 2 unspecified atom stereocenters. The average Bonchev–Trinajstić information content (AvgIpc) is 2.58. The first-order valence-electron chi connectivity index (χ1n) is 6.45. The van der Waals surface area contributed by atoms with Crippen LogP contribution in [-0.2, 0) is 0 Å².